The highest BCUT2D eigenvalue weighted by Gasteiger charge is 2.58. The van der Waals surface area contributed by atoms with Crippen LogP contribution in [0.25, 0.3) is 5.52 Å². The first-order valence-electron chi connectivity index (χ1n) is 6.12. The summed E-state index contributed by atoms with van der Waals surface area (Å²) in [6.07, 6.45) is -2.76. The van der Waals surface area contributed by atoms with Gasteiger partial charge in [0.15, 0.2) is 12.1 Å². The van der Waals surface area contributed by atoms with Gasteiger partial charge in [0.2, 0.25) is 5.60 Å². The Morgan fingerprint density at radius 2 is 2.29 bits per heavy atom. The Bertz CT molecular complexity index is 726. The average molecular weight is 291 g/mol. The number of anilines is 1. The zero-order valence-corrected chi connectivity index (χ0v) is 11.0. The number of hydrogen-bond acceptors (Lipinski definition) is 8. The van der Waals surface area contributed by atoms with Crippen LogP contribution in [0.15, 0.2) is 18.5 Å². The molecule has 2 aromatic heterocycles. The van der Waals surface area contributed by atoms with E-state index in [0.29, 0.717) is 5.52 Å². The summed E-state index contributed by atoms with van der Waals surface area (Å²) >= 11 is 0. The van der Waals surface area contributed by atoms with Crippen molar-refractivity contribution in [2.75, 3.05) is 12.8 Å². The van der Waals surface area contributed by atoms with Crippen molar-refractivity contribution in [1.29, 1.82) is 5.26 Å². The van der Waals surface area contributed by atoms with Gasteiger partial charge in [-0.25, -0.2) is 9.50 Å². The lowest BCUT2D eigenvalue weighted by atomic mass is 9.93. The SMILES string of the molecule is COC1O[C@@](C#N)(c2ccc3c(N)ncnn23)[C@H](O)[C@@H]1O. The molecule has 3 rings (SSSR count). The van der Waals surface area contributed by atoms with Crippen molar-refractivity contribution in [1.82, 2.24) is 14.6 Å². The Balaban J connectivity index is 2.20. The second-order valence-corrected chi connectivity index (χ2v) is 4.67. The van der Waals surface area contributed by atoms with Crippen molar-refractivity contribution in [2.45, 2.75) is 24.1 Å². The summed E-state index contributed by atoms with van der Waals surface area (Å²) in [7, 11) is 1.31. The topological polar surface area (TPSA) is 139 Å². The van der Waals surface area contributed by atoms with Crippen LogP contribution < -0.4 is 5.73 Å². The second kappa shape index (κ2) is 4.64. The van der Waals surface area contributed by atoms with Gasteiger partial charge in [0.1, 0.15) is 30.1 Å². The van der Waals surface area contributed by atoms with E-state index in [0.717, 1.165) is 0 Å². The molecule has 0 bridgehead atoms. The average Bonchev–Trinajstić information content (AvgIpc) is 3.03. The molecule has 9 heteroatoms. The number of nitrogens with zero attached hydrogens (tertiary/aromatic N) is 4. The number of nitriles is 1. The number of rotatable bonds is 2. The Morgan fingerprint density at radius 1 is 1.52 bits per heavy atom. The highest BCUT2D eigenvalue weighted by Crippen LogP contribution is 2.40. The predicted octanol–water partition coefficient (Wildman–Crippen LogP) is -1.25. The third-order valence-corrected chi connectivity index (χ3v) is 3.58. The zero-order valence-electron chi connectivity index (χ0n) is 11.0. The fourth-order valence-electron chi connectivity index (χ4n) is 2.50. The van der Waals surface area contributed by atoms with Gasteiger partial charge in [-0.05, 0) is 12.1 Å². The molecule has 4 N–H and O–H groups in total. The van der Waals surface area contributed by atoms with Gasteiger partial charge in [0.05, 0.1) is 5.69 Å². The summed E-state index contributed by atoms with van der Waals surface area (Å²) in [6.45, 7) is 0. The number of nitrogens with two attached hydrogens (primary N) is 1. The van der Waals surface area contributed by atoms with E-state index in [1.807, 2.05) is 6.07 Å². The van der Waals surface area contributed by atoms with Crippen LogP contribution in [0.1, 0.15) is 5.69 Å². The van der Waals surface area contributed by atoms with Crippen LogP contribution in [0.3, 0.4) is 0 Å². The van der Waals surface area contributed by atoms with E-state index < -0.39 is 24.1 Å². The first kappa shape index (κ1) is 13.7. The minimum Gasteiger partial charge on any atom is -0.386 e. The summed E-state index contributed by atoms with van der Waals surface area (Å²) in [6, 6.07) is 5.04. The van der Waals surface area contributed by atoms with Crippen LogP contribution in [-0.4, -0.2) is 50.4 Å². The first-order chi connectivity index (χ1) is 10.0. The summed E-state index contributed by atoms with van der Waals surface area (Å²) in [5.41, 5.74) is 4.63. The van der Waals surface area contributed by atoms with E-state index in [2.05, 4.69) is 10.1 Å². The van der Waals surface area contributed by atoms with Crippen LogP contribution in [0.5, 0.6) is 0 Å². The summed E-state index contributed by atoms with van der Waals surface area (Å²) < 4.78 is 11.7. The van der Waals surface area contributed by atoms with Crippen molar-refractivity contribution < 1.29 is 19.7 Å². The van der Waals surface area contributed by atoms with Gasteiger partial charge in [0.25, 0.3) is 0 Å². The van der Waals surface area contributed by atoms with Crippen LogP contribution >= 0.6 is 0 Å². The fourth-order valence-corrected chi connectivity index (χ4v) is 2.50. The third-order valence-electron chi connectivity index (χ3n) is 3.58. The van der Waals surface area contributed by atoms with Crippen molar-refractivity contribution in [2.24, 2.45) is 0 Å². The lowest BCUT2D eigenvalue weighted by Gasteiger charge is -2.23. The Kier molecular flexibility index (Phi) is 3.03. The van der Waals surface area contributed by atoms with E-state index in [4.69, 9.17) is 15.2 Å². The molecule has 2 aromatic rings. The Labute approximate surface area is 119 Å². The second-order valence-electron chi connectivity index (χ2n) is 4.67. The monoisotopic (exact) mass is 291 g/mol. The van der Waals surface area contributed by atoms with Gasteiger partial charge in [-0.15, -0.1) is 0 Å². The van der Waals surface area contributed by atoms with E-state index in [1.165, 1.54) is 24.0 Å². The van der Waals surface area contributed by atoms with Crippen LogP contribution in [0, 0.1) is 11.3 Å². The summed E-state index contributed by atoms with van der Waals surface area (Å²) in [4.78, 5) is 3.85. The van der Waals surface area contributed by atoms with Gasteiger partial charge < -0.3 is 25.4 Å². The lowest BCUT2D eigenvalue weighted by Crippen LogP contribution is -2.40. The number of fused-ring (bicyclic) bond motifs is 1. The van der Waals surface area contributed by atoms with Gasteiger partial charge in [-0.3, -0.25) is 0 Å². The van der Waals surface area contributed by atoms with Crippen LogP contribution in [-0.2, 0) is 15.1 Å². The molecule has 0 aromatic carbocycles. The summed E-state index contributed by atoms with van der Waals surface area (Å²) in [5, 5.41) is 33.7. The van der Waals surface area contributed by atoms with Crippen LogP contribution in [0.2, 0.25) is 0 Å². The number of hydrogen-bond donors (Lipinski definition) is 3. The molecular weight excluding hydrogens is 278 g/mol. The van der Waals surface area contributed by atoms with Crippen molar-refractivity contribution in [3.8, 4) is 6.07 Å². The van der Waals surface area contributed by atoms with Crippen molar-refractivity contribution in [3.05, 3.63) is 24.2 Å². The normalized spacial score (nSPS) is 32.4. The zero-order chi connectivity index (χ0) is 15.2. The molecule has 1 unspecified atom stereocenters. The van der Waals surface area contributed by atoms with Crippen molar-refractivity contribution >= 4 is 11.3 Å². The molecule has 0 radical (unpaired) electrons. The van der Waals surface area contributed by atoms with E-state index in [9.17, 15) is 15.5 Å². The molecule has 110 valence electrons. The number of ether oxygens (including phenoxy) is 2. The molecule has 0 amide bonds. The molecule has 1 aliphatic rings. The number of aliphatic hydroxyl groups is 2. The minimum atomic E-state index is -1.81. The van der Waals surface area contributed by atoms with Gasteiger partial charge in [-0.1, -0.05) is 0 Å². The first-order valence-corrected chi connectivity index (χ1v) is 6.12. The Morgan fingerprint density at radius 3 is 2.90 bits per heavy atom. The molecule has 1 saturated heterocycles. The number of aliphatic hydroxyl groups excluding tert-OH is 2. The highest BCUT2D eigenvalue weighted by atomic mass is 16.7. The molecule has 0 aliphatic carbocycles. The molecule has 0 saturated carbocycles. The fraction of sp³-hybridized carbons (Fsp3) is 0.417. The molecule has 1 fully saturated rings. The number of methoxy groups -OCH3 is 1. The quantitative estimate of drug-likeness (QED) is 0.624. The minimum absolute atomic E-state index is 0.223. The maximum atomic E-state index is 10.2. The largest absolute Gasteiger partial charge is 0.386 e. The van der Waals surface area contributed by atoms with E-state index in [-0.39, 0.29) is 11.5 Å². The van der Waals surface area contributed by atoms with Crippen LogP contribution in [0.4, 0.5) is 5.82 Å². The van der Waals surface area contributed by atoms with Gasteiger partial charge in [-0.2, -0.15) is 10.4 Å². The molecule has 9 nitrogen and oxygen atoms in total. The highest BCUT2D eigenvalue weighted by molar-refractivity contribution is 5.66. The molecule has 1 aliphatic heterocycles. The van der Waals surface area contributed by atoms with Gasteiger partial charge in [0, 0.05) is 7.11 Å². The maximum Gasteiger partial charge on any atom is 0.227 e. The lowest BCUT2D eigenvalue weighted by molar-refractivity contribution is -0.166. The third kappa shape index (κ3) is 1.71. The molecule has 4 atom stereocenters. The van der Waals surface area contributed by atoms with Gasteiger partial charge >= 0.3 is 0 Å². The Hall–Kier alpha value is -2.25. The smallest absolute Gasteiger partial charge is 0.227 e. The molecular formula is C12H13N5O4. The maximum absolute atomic E-state index is 10.2. The predicted molar refractivity (Wildman–Crippen MR) is 68.6 cm³/mol. The molecule has 3 heterocycles. The van der Waals surface area contributed by atoms with E-state index >= 15 is 0 Å². The number of nitrogen functional groups attached to an aromatic ring is 1. The standard InChI is InChI=1S/C12H13N5O4/c1-20-11-8(18)9(19)12(4-13,21-11)7-3-2-6-10(14)15-5-16-17(6)7/h2-3,5,8-9,11,18-19H,1H3,(H2,14,15,16)/t8-,9+,11?,12-/m0/s1. The van der Waals surface area contributed by atoms with Crippen molar-refractivity contribution in [3.63, 3.8) is 0 Å². The molecule has 21 heavy (non-hydrogen) atoms. The molecule has 0 spiro atoms. The number of aromatic nitrogens is 3. The van der Waals surface area contributed by atoms with E-state index in [1.54, 1.807) is 6.07 Å². The summed E-state index contributed by atoms with van der Waals surface area (Å²) in [5.74, 6) is 0.223.